The number of anilines is 2. The monoisotopic (exact) mass is 335 g/mol. The normalized spacial score (nSPS) is 16.9. The van der Waals surface area contributed by atoms with Gasteiger partial charge in [0.1, 0.15) is 11.9 Å². The largest absolute Gasteiger partial charge is 0.371 e. The fraction of sp³-hybridized carbons (Fsp3) is 0.316. The summed E-state index contributed by atoms with van der Waals surface area (Å²) in [5.41, 5.74) is 8.25. The third kappa shape index (κ3) is 4.27. The molecule has 128 valence electrons. The molecule has 1 fully saturated rings. The maximum absolute atomic E-state index is 11.4. The van der Waals surface area contributed by atoms with E-state index in [2.05, 4.69) is 45.5 Å². The first kappa shape index (κ1) is 16.8. The minimum atomic E-state index is -0.208. The van der Waals surface area contributed by atoms with Crippen LogP contribution in [-0.4, -0.2) is 24.0 Å². The molecule has 3 rings (SSSR count). The molecule has 0 aliphatic carbocycles. The van der Waals surface area contributed by atoms with Crippen molar-refractivity contribution < 1.29 is 4.79 Å². The molecule has 1 atom stereocenters. The van der Waals surface area contributed by atoms with Gasteiger partial charge in [0, 0.05) is 31.5 Å². The van der Waals surface area contributed by atoms with Crippen LogP contribution in [0.5, 0.6) is 0 Å². The van der Waals surface area contributed by atoms with Gasteiger partial charge in [0.2, 0.25) is 5.91 Å². The van der Waals surface area contributed by atoms with E-state index in [9.17, 15) is 4.79 Å². The first-order valence-corrected chi connectivity index (χ1v) is 8.39. The number of nitriles is 1. The lowest BCUT2D eigenvalue weighted by Gasteiger charge is -2.33. The number of carbonyl (C=O) groups is 1. The fourth-order valence-corrected chi connectivity index (χ4v) is 3.03. The van der Waals surface area contributed by atoms with Gasteiger partial charge in [0.15, 0.2) is 0 Å². The van der Waals surface area contributed by atoms with Crippen LogP contribution in [-0.2, 0) is 11.3 Å². The Morgan fingerprint density at radius 3 is 2.76 bits per heavy atom. The Balaban J connectivity index is 1.58. The molecule has 1 aliphatic rings. The van der Waals surface area contributed by atoms with Crippen molar-refractivity contribution in [3.05, 3.63) is 53.7 Å². The molecule has 3 N–H and O–H groups in total. The Morgan fingerprint density at radius 2 is 2.12 bits per heavy atom. The van der Waals surface area contributed by atoms with Gasteiger partial charge in [-0.2, -0.15) is 5.26 Å². The van der Waals surface area contributed by atoms with E-state index in [-0.39, 0.29) is 11.8 Å². The number of rotatable bonds is 5. The Kier molecular flexibility index (Phi) is 5.14. The third-order valence-corrected chi connectivity index (χ3v) is 4.49. The highest BCUT2D eigenvalue weighted by atomic mass is 16.1. The predicted molar refractivity (Wildman–Crippen MR) is 96.9 cm³/mol. The van der Waals surface area contributed by atoms with Crippen molar-refractivity contribution >= 4 is 17.4 Å². The van der Waals surface area contributed by atoms with Crippen molar-refractivity contribution in [1.29, 1.82) is 5.26 Å². The van der Waals surface area contributed by atoms with Crippen LogP contribution in [0, 0.1) is 17.2 Å². The van der Waals surface area contributed by atoms with Gasteiger partial charge in [-0.25, -0.2) is 4.98 Å². The van der Waals surface area contributed by atoms with Crippen LogP contribution in [0.3, 0.4) is 0 Å². The molecule has 0 saturated carbocycles. The molecule has 25 heavy (non-hydrogen) atoms. The summed E-state index contributed by atoms with van der Waals surface area (Å²) in [7, 11) is 0. The van der Waals surface area contributed by atoms with Crippen molar-refractivity contribution in [2.24, 2.45) is 11.7 Å². The van der Waals surface area contributed by atoms with Crippen LogP contribution in [0.1, 0.15) is 24.0 Å². The molecule has 1 aliphatic heterocycles. The molecule has 0 spiro atoms. The molecule has 6 heteroatoms. The average Bonchev–Trinajstić information content (AvgIpc) is 2.67. The molecule has 0 radical (unpaired) electrons. The van der Waals surface area contributed by atoms with Crippen molar-refractivity contribution in [2.75, 3.05) is 23.3 Å². The quantitative estimate of drug-likeness (QED) is 0.874. The van der Waals surface area contributed by atoms with E-state index < -0.39 is 0 Å². The second-order valence-electron chi connectivity index (χ2n) is 6.25. The molecule has 0 unspecified atom stereocenters. The lowest BCUT2D eigenvalue weighted by atomic mass is 9.97. The number of hydrogen-bond donors (Lipinski definition) is 2. The summed E-state index contributed by atoms with van der Waals surface area (Å²) in [6.07, 6.45) is 3.42. The Morgan fingerprint density at radius 1 is 1.32 bits per heavy atom. The van der Waals surface area contributed by atoms with Crippen LogP contribution in [0.2, 0.25) is 0 Å². The van der Waals surface area contributed by atoms with E-state index in [1.807, 2.05) is 0 Å². The second-order valence-corrected chi connectivity index (χ2v) is 6.25. The highest BCUT2D eigenvalue weighted by Crippen LogP contribution is 2.23. The first-order chi connectivity index (χ1) is 12.2. The predicted octanol–water partition coefficient (Wildman–Crippen LogP) is 2.27. The van der Waals surface area contributed by atoms with Crippen molar-refractivity contribution in [2.45, 2.75) is 19.4 Å². The van der Waals surface area contributed by atoms with E-state index in [1.54, 1.807) is 18.3 Å². The number of piperidine rings is 1. The standard InChI is InChI=1S/C19H21N5O/c20-10-15-5-8-18(23-12-15)22-11-14-3-6-17(7-4-14)24-9-1-2-16(13-24)19(21)25/h3-8,12,16H,1-2,9,11,13H2,(H2,21,25)(H,22,23)/t16-/m1/s1. The fourth-order valence-electron chi connectivity index (χ4n) is 3.03. The summed E-state index contributed by atoms with van der Waals surface area (Å²) in [6.45, 7) is 2.31. The molecule has 0 bridgehead atoms. The number of nitrogens with one attached hydrogen (secondary N) is 1. The van der Waals surface area contributed by atoms with Crippen LogP contribution >= 0.6 is 0 Å². The molecule has 2 aromatic rings. The molecular formula is C19H21N5O. The molecular weight excluding hydrogens is 314 g/mol. The molecule has 1 aromatic carbocycles. The summed E-state index contributed by atoms with van der Waals surface area (Å²) in [5, 5.41) is 12.0. The number of pyridine rings is 1. The van der Waals surface area contributed by atoms with Gasteiger partial charge in [0.25, 0.3) is 0 Å². The number of aromatic nitrogens is 1. The highest BCUT2D eigenvalue weighted by molar-refractivity contribution is 5.77. The van der Waals surface area contributed by atoms with Crippen LogP contribution in [0.4, 0.5) is 11.5 Å². The number of benzene rings is 1. The van der Waals surface area contributed by atoms with Crippen LogP contribution in [0.25, 0.3) is 0 Å². The van der Waals surface area contributed by atoms with Crippen molar-refractivity contribution in [3.8, 4) is 6.07 Å². The van der Waals surface area contributed by atoms with Gasteiger partial charge >= 0.3 is 0 Å². The zero-order valence-electron chi connectivity index (χ0n) is 14.0. The maximum atomic E-state index is 11.4. The van der Waals surface area contributed by atoms with E-state index in [1.165, 1.54) is 0 Å². The number of nitrogens with zero attached hydrogens (tertiary/aromatic N) is 3. The number of primary amides is 1. The number of carbonyl (C=O) groups excluding carboxylic acids is 1. The highest BCUT2D eigenvalue weighted by Gasteiger charge is 2.23. The zero-order valence-corrected chi connectivity index (χ0v) is 14.0. The minimum absolute atomic E-state index is 0.0578. The summed E-state index contributed by atoms with van der Waals surface area (Å²) in [6, 6.07) is 13.9. The number of nitrogens with two attached hydrogens (primary N) is 1. The van der Waals surface area contributed by atoms with E-state index in [0.717, 1.165) is 36.5 Å². The first-order valence-electron chi connectivity index (χ1n) is 8.39. The smallest absolute Gasteiger partial charge is 0.222 e. The van der Waals surface area contributed by atoms with Gasteiger partial charge in [-0.1, -0.05) is 12.1 Å². The Hall–Kier alpha value is -3.07. The zero-order chi connectivity index (χ0) is 17.6. The van der Waals surface area contributed by atoms with E-state index >= 15 is 0 Å². The summed E-state index contributed by atoms with van der Waals surface area (Å²) < 4.78 is 0. The third-order valence-electron chi connectivity index (χ3n) is 4.49. The summed E-state index contributed by atoms with van der Waals surface area (Å²) >= 11 is 0. The van der Waals surface area contributed by atoms with Crippen molar-refractivity contribution in [1.82, 2.24) is 4.98 Å². The average molecular weight is 335 g/mol. The van der Waals surface area contributed by atoms with Gasteiger partial charge in [-0.15, -0.1) is 0 Å². The van der Waals surface area contributed by atoms with Gasteiger partial charge < -0.3 is 16.0 Å². The number of hydrogen-bond acceptors (Lipinski definition) is 5. The topological polar surface area (TPSA) is 95.0 Å². The molecule has 1 aromatic heterocycles. The lowest BCUT2D eigenvalue weighted by molar-refractivity contribution is -0.122. The SMILES string of the molecule is N#Cc1ccc(NCc2ccc(N3CCC[C@@H](C(N)=O)C3)cc2)nc1. The molecule has 2 heterocycles. The van der Waals surface area contributed by atoms with Gasteiger partial charge in [-0.05, 0) is 42.7 Å². The minimum Gasteiger partial charge on any atom is -0.371 e. The molecule has 1 saturated heterocycles. The molecule has 6 nitrogen and oxygen atoms in total. The maximum Gasteiger partial charge on any atom is 0.222 e. The van der Waals surface area contributed by atoms with Gasteiger partial charge in [0.05, 0.1) is 11.5 Å². The summed E-state index contributed by atoms with van der Waals surface area (Å²) in [4.78, 5) is 17.8. The Labute approximate surface area is 147 Å². The molecule has 1 amide bonds. The van der Waals surface area contributed by atoms with Crippen LogP contribution in [0.15, 0.2) is 42.6 Å². The van der Waals surface area contributed by atoms with E-state index in [4.69, 9.17) is 11.0 Å². The van der Waals surface area contributed by atoms with Crippen LogP contribution < -0.4 is 16.0 Å². The lowest BCUT2D eigenvalue weighted by Crippen LogP contribution is -2.41. The Bertz CT molecular complexity index is 764. The second kappa shape index (κ2) is 7.67. The van der Waals surface area contributed by atoms with Crippen molar-refractivity contribution in [3.63, 3.8) is 0 Å². The summed E-state index contributed by atoms with van der Waals surface area (Å²) in [5.74, 6) is 0.474. The van der Waals surface area contributed by atoms with Gasteiger partial charge in [-0.3, -0.25) is 4.79 Å². The van der Waals surface area contributed by atoms with E-state index in [0.29, 0.717) is 18.7 Å². The number of amides is 1.